The van der Waals surface area contributed by atoms with Gasteiger partial charge in [0.1, 0.15) is 0 Å². The van der Waals surface area contributed by atoms with E-state index in [0.717, 1.165) is 0 Å². The van der Waals surface area contributed by atoms with Crippen LogP contribution in [0, 0.1) is 0 Å². The highest BCUT2D eigenvalue weighted by Crippen LogP contribution is 1.96. The molecule has 5 nitrogen and oxygen atoms in total. The van der Waals surface area contributed by atoms with E-state index in [-0.39, 0.29) is 6.61 Å². The Labute approximate surface area is 70.9 Å². The van der Waals surface area contributed by atoms with Gasteiger partial charge in [0, 0.05) is 0 Å². The molecule has 5 heteroatoms. The molecule has 0 saturated heterocycles. The Morgan fingerprint density at radius 3 is 2.25 bits per heavy atom. The molecule has 0 amide bonds. The van der Waals surface area contributed by atoms with Crippen LogP contribution < -0.4 is 0 Å². The van der Waals surface area contributed by atoms with Crippen LogP contribution in [0.3, 0.4) is 0 Å². The van der Waals surface area contributed by atoms with E-state index in [0.29, 0.717) is 0 Å². The van der Waals surface area contributed by atoms with Crippen molar-refractivity contribution in [1.29, 1.82) is 0 Å². The Morgan fingerprint density at radius 1 is 1.50 bits per heavy atom. The van der Waals surface area contributed by atoms with Gasteiger partial charge in [-0.15, -0.1) is 0 Å². The van der Waals surface area contributed by atoms with Crippen LogP contribution in [0.5, 0.6) is 0 Å². The fourth-order valence-electron chi connectivity index (χ4n) is 0.754. The lowest BCUT2D eigenvalue weighted by Crippen LogP contribution is -2.43. The van der Waals surface area contributed by atoms with Crippen LogP contribution >= 0.6 is 0 Å². The highest BCUT2D eigenvalue weighted by Gasteiger charge is 2.29. The van der Waals surface area contributed by atoms with Gasteiger partial charge in [0.15, 0.2) is 0 Å². The van der Waals surface area contributed by atoms with Crippen LogP contribution in [-0.4, -0.2) is 48.7 Å². The van der Waals surface area contributed by atoms with Gasteiger partial charge in [0.05, 0.1) is 6.61 Å². The molecule has 0 radical (unpaired) electrons. The summed E-state index contributed by atoms with van der Waals surface area (Å²) < 4.78 is 4.57. The predicted octanol–water partition coefficient (Wildman–Crippen LogP) is -0.436. The van der Waals surface area contributed by atoms with Gasteiger partial charge in [-0.05, 0) is 21.0 Å². The van der Waals surface area contributed by atoms with E-state index < -0.39 is 18.0 Å². The molecule has 0 aliphatic rings. The normalized spacial score (nSPS) is 12.7. The second-order valence-corrected chi connectivity index (χ2v) is 2.46. The van der Waals surface area contributed by atoms with Crippen molar-refractivity contribution in [3.63, 3.8) is 0 Å². The highest BCUT2D eigenvalue weighted by atomic mass is 16.5. The number of carbonyl (C=O) groups is 2. The maximum Gasteiger partial charge on any atom is 0.335 e. The molecule has 0 aromatic heterocycles. The zero-order chi connectivity index (χ0) is 9.72. The topological polar surface area (TPSA) is 66.8 Å². The smallest absolute Gasteiger partial charge is 0.335 e. The molecule has 0 spiro atoms. The second-order valence-electron chi connectivity index (χ2n) is 2.46. The fraction of sp³-hybridized carbons (Fsp3) is 0.714. The average Bonchev–Trinajstić information content (AvgIpc) is 1.85. The molecule has 12 heavy (non-hydrogen) atoms. The molecule has 0 aromatic carbocycles. The molecule has 0 heterocycles. The SMILES string of the molecule is CCOC(=O)C(C(=O)O)N(C)C. The first-order chi connectivity index (χ1) is 5.50. The Balaban J connectivity index is 4.30. The van der Waals surface area contributed by atoms with Crippen LogP contribution in [0.4, 0.5) is 0 Å². The summed E-state index contributed by atoms with van der Waals surface area (Å²) in [6, 6.07) is -1.20. The minimum Gasteiger partial charge on any atom is -0.480 e. The molecule has 0 fully saturated rings. The zero-order valence-corrected chi connectivity index (χ0v) is 7.40. The summed E-state index contributed by atoms with van der Waals surface area (Å²) in [4.78, 5) is 22.8. The lowest BCUT2D eigenvalue weighted by Gasteiger charge is -2.17. The Bertz CT molecular complexity index is 178. The summed E-state index contributed by atoms with van der Waals surface area (Å²) in [5.41, 5.74) is 0. The third-order valence-electron chi connectivity index (χ3n) is 1.26. The molecule has 0 aromatic rings. The number of nitrogens with zero attached hydrogens (tertiary/aromatic N) is 1. The van der Waals surface area contributed by atoms with Gasteiger partial charge in [0.25, 0.3) is 0 Å². The molecule has 0 aliphatic carbocycles. The number of aliphatic carboxylic acids is 1. The molecule has 1 N–H and O–H groups in total. The van der Waals surface area contributed by atoms with Gasteiger partial charge in [0.2, 0.25) is 6.04 Å². The Hall–Kier alpha value is -1.10. The standard InChI is InChI=1S/C7H13NO4/c1-4-12-7(11)5(6(9)10)8(2)3/h5H,4H2,1-3H3,(H,9,10). The first-order valence-electron chi connectivity index (χ1n) is 3.56. The minimum absolute atomic E-state index is 0.191. The van der Waals surface area contributed by atoms with Crippen LogP contribution in [0.15, 0.2) is 0 Å². The van der Waals surface area contributed by atoms with Gasteiger partial charge in [-0.3, -0.25) is 4.90 Å². The van der Waals surface area contributed by atoms with Gasteiger partial charge in [-0.2, -0.15) is 0 Å². The van der Waals surface area contributed by atoms with Crippen molar-refractivity contribution >= 4 is 11.9 Å². The lowest BCUT2D eigenvalue weighted by molar-refractivity contribution is -0.158. The van der Waals surface area contributed by atoms with Gasteiger partial charge in [-0.1, -0.05) is 0 Å². The first kappa shape index (κ1) is 10.9. The summed E-state index contributed by atoms with van der Waals surface area (Å²) in [7, 11) is 3.02. The summed E-state index contributed by atoms with van der Waals surface area (Å²) in [6.07, 6.45) is 0. The Morgan fingerprint density at radius 2 is 2.00 bits per heavy atom. The van der Waals surface area contributed by atoms with E-state index in [1.165, 1.54) is 19.0 Å². The van der Waals surface area contributed by atoms with Gasteiger partial charge < -0.3 is 9.84 Å². The van der Waals surface area contributed by atoms with E-state index in [1.807, 2.05) is 0 Å². The van der Waals surface area contributed by atoms with Crippen molar-refractivity contribution in [3.05, 3.63) is 0 Å². The monoisotopic (exact) mass is 175 g/mol. The predicted molar refractivity (Wildman–Crippen MR) is 41.7 cm³/mol. The zero-order valence-electron chi connectivity index (χ0n) is 7.40. The molecule has 0 bridgehead atoms. The van der Waals surface area contributed by atoms with E-state index in [4.69, 9.17) is 5.11 Å². The molecule has 1 unspecified atom stereocenters. The van der Waals surface area contributed by atoms with E-state index in [2.05, 4.69) is 4.74 Å². The molecular formula is C7H13NO4. The number of hydrogen-bond donors (Lipinski definition) is 1. The maximum absolute atomic E-state index is 11.0. The third kappa shape index (κ3) is 2.87. The molecule has 0 aliphatic heterocycles. The average molecular weight is 175 g/mol. The lowest BCUT2D eigenvalue weighted by atomic mass is 10.3. The van der Waals surface area contributed by atoms with Crippen LogP contribution in [-0.2, 0) is 14.3 Å². The summed E-state index contributed by atoms with van der Waals surface area (Å²) >= 11 is 0. The van der Waals surface area contributed by atoms with Gasteiger partial charge >= 0.3 is 11.9 Å². The molecule has 1 atom stereocenters. The van der Waals surface area contributed by atoms with Crippen LogP contribution in [0.25, 0.3) is 0 Å². The number of carboxylic acid groups (broad SMARTS) is 1. The van der Waals surface area contributed by atoms with Crippen molar-refractivity contribution < 1.29 is 19.4 Å². The van der Waals surface area contributed by atoms with E-state index in [1.54, 1.807) is 6.92 Å². The van der Waals surface area contributed by atoms with E-state index >= 15 is 0 Å². The summed E-state index contributed by atoms with van der Waals surface area (Å²) in [5, 5.41) is 8.60. The molecule has 70 valence electrons. The number of carbonyl (C=O) groups excluding carboxylic acids is 1. The molecule has 0 saturated carbocycles. The largest absolute Gasteiger partial charge is 0.480 e. The van der Waals surface area contributed by atoms with Crippen molar-refractivity contribution in [3.8, 4) is 0 Å². The molecular weight excluding hydrogens is 162 g/mol. The van der Waals surface area contributed by atoms with Crippen molar-refractivity contribution in [1.82, 2.24) is 4.90 Å². The number of likely N-dealkylation sites (N-methyl/N-ethyl adjacent to an activating group) is 1. The quantitative estimate of drug-likeness (QED) is 0.463. The number of carboxylic acids is 1. The maximum atomic E-state index is 11.0. The van der Waals surface area contributed by atoms with Crippen molar-refractivity contribution in [2.24, 2.45) is 0 Å². The third-order valence-corrected chi connectivity index (χ3v) is 1.26. The van der Waals surface area contributed by atoms with Crippen LogP contribution in [0.2, 0.25) is 0 Å². The van der Waals surface area contributed by atoms with E-state index in [9.17, 15) is 9.59 Å². The highest BCUT2D eigenvalue weighted by molar-refractivity contribution is 5.98. The van der Waals surface area contributed by atoms with Crippen LogP contribution in [0.1, 0.15) is 6.92 Å². The second kappa shape index (κ2) is 4.71. The van der Waals surface area contributed by atoms with Crippen molar-refractivity contribution in [2.45, 2.75) is 13.0 Å². The van der Waals surface area contributed by atoms with Crippen molar-refractivity contribution in [2.75, 3.05) is 20.7 Å². The number of ether oxygens (including phenoxy) is 1. The van der Waals surface area contributed by atoms with Gasteiger partial charge in [-0.25, -0.2) is 9.59 Å². The number of rotatable bonds is 4. The number of hydrogen-bond acceptors (Lipinski definition) is 4. The summed E-state index contributed by atoms with van der Waals surface area (Å²) in [6.45, 7) is 1.82. The number of esters is 1. The molecule has 0 rings (SSSR count). The first-order valence-corrected chi connectivity index (χ1v) is 3.56. The minimum atomic E-state index is -1.20. The summed E-state index contributed by atoms with van der Waals surface area (Å²) in [5.74, 6) is -1.92. The fourth-order valence-corrected chi connectivity index (χ4v) is 0.754. The Kier molecular flexibility index (Phi) is 4.28.